The summed E-state index contributed by atoms with van der Waals surface area (Å²) in [7, 11) is 0. The van der Waals surface area contributed by atoms with Gasteiger partial charge in [-0.3, -0.25) is 4.79 Å². The Kier molecular flexibility index (Phi) is 6.58. The van der Waals surface area contributed by atoms with E-state index in [9.17, 15) is 4.79 Å². The summed E-state index contributed by atoms with van der Waals surface area (Å²) in [4.78, 5) is 22.8. The van der Waals surface area contributed by atoms with Crippen LogP contribution in [0.1, 0.15) is 39.5 Å². The zero-order chi connectivity index (χ0) is 15.8. The summed E-state index contributed by atoms with van der Waals surface area (Å²) in [5.41, 5.74) is 0. The predicted molar refractivity (Wildman–Crippen MR) is 85.7 cm³/mol. The van der Waals surface area contributed by atoms with Gasteiger partial charge in [-0.2, -0.15) is 0 Å². The Hall–Kier alpha value is -1.69. The van der Waals surface area contributed by atoms with Gasteiger partial charge in [0.15, 0.2) is 0 Å². The zero-order valence-corrected chi connectivity index (χ0v) is 13.5. The van der Waals surface area contributed by atoms with Crippen LogP contribution in [-0.4, -0.2) is 47.7 Å². The van der Waals surface area contributed by atoms with Gasteiger partial charge in [-0.05, 0) is 32.3 Å². The largest absolute Gasteiger partial charge is 0.369 e. The van der Waals surface area contributed by atoms with Gasteiger partial charge in [-0.15, -0.1) is 0 Å². The highest BCUT2D eigenvalue weighted by atomic mass is 16.5. The Morgan fingerprint density at radius 3 is 3.00 bits per heavy atom. The lowest BCUT2D eigenvalue weighted by Gasteiger charge is -2.33. The molecule has 0 unspecified atom stereocenters. The third-order valence-electron chi connectivity index (χ3n) is 3.84. The summed E-state index contributed by atoms with van der Waals surface area (Å²) >= 11 is 0. The van der Waals surface area contributed by atoms with Crippen molar-refractivity contribution in [1.82, 2.24) is 15.3 Å². The molecule has 1 N–H and O–H groups in total. The number of unbranched alkanes of at least 4 members (excludes halogenated alkanes) is 1. The number of nitrogens with one attached hydrogen (secondary N) is 1. The van der Waals surface area contributed by atoms with Gasteiger partial charge in [0.2, 0.25) is 11.9 Å². The van der Waals surface area contributed by atoms with E-state index in [0.717, 1.165) is 44.7 Å². The molecular weight excluding hydrogens is 280 g/mol. The molecule has 2 atom stereocenters. The molecule has 1 fully saturated rings. The maximum absolute atomic E-state index is 12.2. The number of amides is 1. The molecule has 0 aromatic carbocycles. The van der Waals surface area contributed by atoms with Crippen LogP contribution in [0, 0.1) is 0 Å². The molecule has 0 saturated carbocycles. The van der Waals surface area contributed by atoms with Crippen molar-refractivity contribution < 1.29 is 9.53 Å². The van der Waals surface area contributed by atoms with Gasteiger partial charge in [0.1, 0.15) is 6.10 Å². The molecule has 6 heteroatoms. The second kappa shape index (κ2) is 8.68. The average Bonchev–Trinajstić information content (AvgIpc) is 2.56. The third-order valence-corrected chi connectivity index (χ3v) is 3.84. The number of carbonyl (C=O) groups is 1. The van der Waals surface area contributed by atoms with Gasteiger partial charge in [0.25, 0.3) is 0 Å². The molecule has 1 saturated heterocycles. The van der Waals surface area contributed by atoms with Crippen molar-refractivity contribution >= 4 is 11.9 Å². The van der Waals surface area contributed by atoms with Crippen LogP contribution in [-0.2, 0) is 9.53 Å². The van der Waals surface area contributed by atoms with Gasteiger partial charge in [0, 0.05) is 38.1 Å². The Balaban J connectivity index is 1.81. The summed E-state index contributed by atoms with van der Waals surface area (Å²) in [5, 5.41) is 3.08. The number of anilines is 1. The summed E-state index contributed by atoms with van der Waals surface area (Å²) in [5.74, 6) is 0.700. The highest BCUT2D eigenvalue weighted by Crippen LogP contribution is 2.15. The van der Waals surface area contributed by atoms with E-state index in [1.807, 2.05) is 13.0 Å². The monoisotopic (exact) mass is 306 g/mol. The van der Waals surface area contributed by atoms with E-state index >= 15 is 0 Å². The van der Waals surface area contributed by atoms with Crippen molar-refractivity contribution in [2.45, 2.75) is 51.7 Å². The van der Waals surface area contributed by atoms with Crippen LogP contribution in [0.4, 0.5) is 5.95 Å². The number of aromatic nitrogens is 2. The van der Waals surface area contributed by atoms with Crippen molar-refractivity contribution in [3.05, 3.63) is 18.5 Å². The fourth-order valence-corrected chi connectivity index (χ4v) is 2.53. The highest BCUT2D eigenvalue weighted by Gasteiger charge is 2.24. The van der Waals surface area contributed by atoms with Crippen molar-refractivity contribution in [3.63, 3.8) is 0 Å². The average molecular weight is 306 g/mol. The maximum Gasteiger partial charge on any atom is 0.249 e. The molecule has 1 aromatic heterocycles. The molecule has 0 aliphatic carbocycles. The first-order valence-corrected chi connectivity index (χ1v) is 8.14. The van der Waals surface area contributed by atoms with Crippen molar-refractivity contribution in [3.8, 4) is 0 Å². The second-order valence-corrected chi connectivity index (χ2v) is 5.71. The van der Waals surface area contributed by atoms with E-state index in [0.29, 0.717) is 6.61 Å². The van der Waals surface area contributed by atoms with E-state index in [2.05, 4.69) is 27.1 Å². The normalized spacial score (nSPS) is 19.7. The Morgan fingerprint density at radius 2 is 2.27 bits per heavy atom. The fourth-order valence-electron chi connectivity index (χ4n) is 2.53. The highest BCUT2D eigenvalue weighted by molar-refractivity contribution is 5.80. The molecular formula is C16H26N4O2. The number of nitrogens with zero attached hydrogens (tertiary/aromatic N) is 3. The SMILES string of the molecule is CCCCO[C@@H](C)C(=O)N[C@H]1CCCN(c2ncccn2)C1. The fraction of sp³-hybridized carbons (Fsp3) is 0.688. The molecule has 0 radical (unpaired) electrons. The van der Waals surface area contributed by atoms with Crippen molar-refractivity contribution in [2.24, 2.45) is 0 Å². The first-order valence-electron chi connectivity index (χ1n) is 8.14. The lowest BCUT2D eigenvalue weighted by Crippen LogP contribution is -2.50. The van der Waals surface area contributed by atoms with Crippen LogP contribution in [0.5, 0.6) is 0 Å². The van der Waals surface area contributed by atoms with E-state index < -0.39 is 6.10 Å². The molecule has 1 aromatic rings. The minimum absolute atomic E-state index is 0.0306. The number of rotatable bonds is 7. The maximum atomic E-state index is 12.2. The van der Waals surface area contributed by atoms with Gasteiger partial charge in [0.05, 0.1) is 0 Å². The summed E-state index contributed by atoms with van der Waals surface area (Å²) in [6, 6.07) is 1.93. The lowest BCUT2D eigenvalue weighted by atomic mass is 10.1. The molecule has 0 spiro atoms. The summed E-state index contributed by atoms with van der Waals surface area (Å²) < 4.78 is 5.55. The summed E-state index contributed by atoms with van der Waals surface area (Å²) in [6.45, 7) is 6.23. The molecule has 1 aliphatic rings. The first kappa shape index (κ1) is 16.7. The molecule has 6 nitrogen and oxygen atoms in total. The number of ether oxygens (including phenoxy) is 1. The number of piperidine rings is 1. The molecule has 122 valence electrons. The van der Waals surface area contributed by atoms with Gasteiger partial charge >= 0.3 is 0 Å². The van der Waals surface area contributed by atoms with Crippen LogP contribution in [0.3, 0.4) is 0 Å². The molecule has 22 heavy (non-hydrogen) atoms. The lowest BCUT2D eigenvalue weighted by molar-refractivity contribution is -0.132. The minimum Gasteiger partial charge on any atom is -0.369 e. The van der Waals surface area contributed by atoms with E-state index in [-0.39, 0.29) is 11.9 Å². The van der Waals surface area contributed by atoms with Gasteiger partial charge < -0.3 is 15.0 Å². The van der Waals surface area contributed by atoms with Crippen LogP contribution in [0.2, 0.25) is 0 Å². The molecule has 1 amide bonds. The van der Waals surface area contributed by atoms with Crippen LogP contribution < -0.4 is 10.2 Å². The Labute approximate surface area is 132 Å². The quantitative estimate of drug-likeness (QED) is 0.778. The zero-order valence-electron chi connectivity index (χ0n) is 13.5. The molecule has 0 bridgehead atoms. The minimum atomic E-state index is -0.394. The number of carbonyl (C=O) groups excluding carboxylic acids is 1. The second-order valence-electron chi connectivity index (χ2n) is 5.71. The van der Waals surface area contributed by atoms with Crippen LogP contribution >= 0.6 is 0 Å². The van der Waals surface area contributed by atoms with Gasteiger partial charge in [-0.25, -0.2) is 9.97 Å². The van der Waals surface area contributed by atoms with Crippen LogP contribution in [0.15, 0.2) is 18.5 Å². The predicted octanol–water partition coefficient (Wildman–Crippen LogP) is 1.77. The topological polar surface area (TPSA) is 67.3 Å². The van der Waals surface area contributed by atoms with Crippen molar-refractivity contribution in [2.75, 3.05) is 24.6 Å². The number of hydrogen-bond donors (Lipinski definition) is 1. The van der Waals surface area contributed by atoms with E-state index in [1.165, 1.54) is 0 Å². The Bertz CT molecular complexity index is 455. The summed E-state index contributed by atoms with van der Waals surface area (Å²) in [6.07, 6.45) is 7.16. The van der Waals surface area contributed by atoms with Crippen LogP contribution in [0.25, 0.3) is 0 Å². The van der Waals surface area contributed by atoms with E-state index in [4.69, 9.17) is 4.74 Å². The molecule has 1 aliphatic heterocycles. The molecule has 2 heterocycles. The standard InChI is InChI=1S/C16H26N4O2/c1-3-4-11-22-13(2)15(21)19-14-7-5-10-20(12-14)16-17-8-6-9-18-16/h6,8-9,13-14H,3-5,7,10-12H2,1-2H3,(H,19,21)/t13-,14-/m0/s1. The van der Waals surface area contributed by atoms with Crippen molar-refractivity contribution in [1.29, 1.82) is 0 Å². The first-order chi connectivity index (χ1) is 10.7. The third kappa shape index (κ3) is 4.94. The number of hydrogen-bond acceptors (Lipinski definition) is 5. The van der Waals surface area contributed by atoms with E-state index in [1.54, 1.807) is 12.4 Å². The Morgan fingerprint density at radius 1 is 1.50 bits per heavy atom. The molecule has 2 rings (SSSR count). The smallest absolute Gasteiger partial charge is 0.249 e. The van der Waals surface area contributed by atoms with Gasteiger partial charge in [-0.1, -0.05) is 13.3 Å².